The van der Waals surface area contributed by atoms with E-state index in [1.807, 2.05) is 0 Å². The van der Waals surface area contributed by atoms with Crippen LogP contribution >= 0.6 is 0 Å². The summed E-state index contributed by atoms with van der Waals surface area (Å²) >= 11 is 0. The van der Waals surface area contributed by atoms with Crippen LogP contribution in [0.25, 0.3) is 0 Å². The lowest BCUT2D eigenvalue weighted by atomic mass is 9.88. The molecular formula is C20H20F7NO2. The number of aryl methyl sites for hydroxylation is 1. The summed E-state index contributed by atoms with van der Waals surface area (Å²) in [6, 6.07) is 4.86. The Morgan fingerprint density at radius 3 is 2.00 bits per heavy atom. The molecule has 0 spiro atoms. The number of aliphatic hydroxyl groups is 1. The van der Waals surface area contributed by atoms with Crippen LogP contribution in [0, 0.1) is 12.7 Å². The van der Waals surface area contributed by atoms with Gasteiger partial charge in [-0.3, -0.25) is 0 Å². The van der Waals surface area contributed by atoms with Crippen LogP contribution in [-0.4, -0.2) is 11.3 Å². The van der Waals surface area contributed by atoms with Crippen molar-refractivity contribution in [2.75, 3.05) is 0 Å². The number of alkyl halides is 6. The highest BCUT2D eigenvalue weighted by Gasteiger charge is 2.37. The van der Waals surface area contributed by atoms with Gasteiger partial charge in [-0.2, -0.15) is 26.3 Å². The van der Waals surface area contributed by atoms with Gasteiger partial charge in [0.25, 0.3) is 0 Å². The van der Waals surface area contributed by atoms with E-state index in [4.69, 9.17) is 10.5 Å². The number of rotatable bonds is 6. The molecule has 0 fully saturated rings. The molecule has 2 atom stereocenters. The lowest BCUT2D eigenvalue weighted by Gasteiger charge is -2.28. The fraction of sp³-hybridized carbons (Fsp3) is 0.400. The second-order valence-corrected chi connectivity index (χ2v) is 7.20. The van der Waals surface area contributed by atoms with Crippen molar-refractivity contribution < 1.29 is 40.6 Å². The predicted molar refractivity (Wildman–Crippen MR) is 94.5 cm³/mol. The van der Waals surface area contributed by atoms with Gasteiger partial charge in [-0.05, 0) is 60.9 Å². The van der Waals surface area contributed by atoms with Gasteiger partial charge in [0.1, 0.15) is 12.0 Å². The van der Waals surface area contributed by atoms with E-state index in [-0.39, 0.29) is 23.6 Å². The summed E-state index contributed by atoms with van der Waals surface area (Å²) in [5.41, 5.74) is 1.61. The SMILES string of the molecule is Cc1ccc(F)cc1C(C)(O)CC(N)OCc1cc(C(F)(F)F)cc(C(F)(F)F)c1. The Morgan fingerprint density at radius 2 is 1.50 bits per heavy atom. The molecule has 2 aromatic rings. The molecule has 30 heavy (non-hydrogen) atoms. The molecule has 2 aromatic carbocycles. The first-order chi connectivity index (χ1) is 13.6. The Labute approximate surface area is 168 Å². The maximum atomic E-state index is 13.5. The molecule has 0 saturated carbocycles. The summed E-state index contributed by atoms with van der Waals surface area (Å²) in [7, 11) is 0. The Balaban J connectivity index is 2.17. The van der Waals surface area contributed by atoms with Crippen molar-refractivity contribution in [3.63, 3.8) is 0 Å². The van der Waals surface area contributed by atoms with Gasteiger partial charge in [-0.1, -0.05) is 6.07 Å². The highest BCUT2D eigenvalue weighted by molar-refractivity contribution is 5.33. The molecule has 0 amide bonds. The third-order valence-corrected chi connectivity index (χ3v) is 4.49. The van der Waals surface area contributed by atoms with Gasteiger partial charge in [0, 0.05) is 6.42 Å². The highest BCUT2D eigenvalue weighted by Crippen LogP contribution is 2.36. The standard InChI is InChI=1S/C20H20F7NO2/c1-11-3-4-15(21)8-16(11)18(2,29)9-17(28)30-10-12-5-13(19(22,23)24)7-14(6-12)20(25,26)27/h3-8,17,29H,9-10,28H2,1-2H3. The average molecular weight is 439 g/mol. The highest BCUT2D eigenvalue weighted by atomic mass is 19.4. The molecule has 2 unspecified atom stereocenters. The van der Waals surface area contributed by atoms with E-state index in [1.54, 1.807) is 6.92 Å². The van der Waals surface area contributed by atoms with Gasteiger partial charge in [-0.15, -0.1) is 0 Å². The molecule has 0 aliphatic heterocycles. The summed E-state index contributed by atoms with van der Waals surface area (Å²) in [6.45, 7) is 2.34. The lowest BCUT2D eigenvalue weighted by molar-refractivity contribution is -0.143. The average Bonchev–Trinajstić information content (AvgIpc) is 2.60. The van der Waals surface area contributed by atoms with Crippen molar-refractivity contribution >= 4 is 0 Å². The fourth-order valence-corrected chi connectivity index (χ4v) is 3.04. The van der Waals surface area contributed by atoms with Crippen molar-refractivity contribution in [1.29, 1.82) is 0 Å². The zero-order valence-corrected chi connectivity index (χ0v) is 16.0. The predicted octanol–water partition coefficient (Wildman–Crippen LogP) is 5.27. The lowest BCUT2D eigenvalue weighted by Crippen LogP contribution is -2.35. The molecule has 2 rings (SSSR count). The maximum Gasteiger partial charge on any atom is 0.416 e. The first-order valence-corrected chi connectivity index (χ1v) is 8.74. The second-order valence-electron chi connectivity index (χ2n) is 7.20. The van der Waals surface area contributed by atoms with E-state index in [0.29, 0.717) is 17.7 Å². The topological polar surface area (TPSA) is 55.5 Å². The Kier molecular flexibility index (Phi) is 6.85. The van der Waals surface area contributed by atoms with Gasteiger partial charge in [0.05, 0.1) is 23.3 Å². The summed E-state index contributed by atoms with van der Waals surface area (Å²) in [5.74, 6) is -0.589. The largest absolute Gasteiger partial charge is 0.416 e. The molecule has 0 aromatic heterocycles. The van der Waals surface area contributed by atoms with Crippen LogP contribution in [0.1, 0.15) is 41.2 Å². The summed E-state index contributed by atoms with van der Waals surface area (Å²) in [5, 5.41) is 10.6. The molecule has 3 N–H and O–H groups in total. The second kappa shape index (κ2) is 8.52. The molecule has 10 heteroatoms. The Hall–Kier alpha value is -2.17. The fourth-order valence-electron chi connectivity index (χ4n) is 3.04. The minimum atomic E-state index is -4.98. The van der Waals surface area contributed by atoms with Crippen LogP contribution < -0.4 is 5.73 Å². The summed E-state index contributed by atoms with van der Waals surface area (Å²) in [6.07, 6.45) is -11.5. The Bertz CT molecular complexity index is 859. The van der Waals surface area contributed by atoms with Gasteiger partial charge < -0.3 is 15.6 Å². The van der Waals surface area contributed by atoms with E-state index in [9.17, 15) is 35.8 Å². The molecule has 0 bridgehead atoms. The first kappa shape index (κ1) is 24.1. The summed E-state index contributed by atoms with van der Waals surface area (Å²) in [4.78, 5) is 0. The zero-order valence-electron chi connectivity index (χ0n) is 16.0. The Morgan fingerprint density at radius 1 is 0.967 bits per heavy atom. The van der Waals surface area contributed by atoms with Crippen LogP contribution in [-0.2, 0) is 29.3 Å². The van der Waals surface area contributed by atoms with Crippen LogP contribution in [0.15, 0.2) is 36.4 Å². The monoisotopic (exact) mass is 439 g/mol. The summed E-state index contributed by atoms with van der Waals surface area (Å²) < 4.78 is 96.2. The molecule has 0 aliphatic rings. The van der Waals surface area contributed by atoms with Gasteiger partial charge >= 0.3 is 12.4 Å². The quantitative estimate of drug-likeness (QED) is 0.476. The van der Waals surface area contributed by atoms with E-state index >= 15 is 0 Å². The number of ether oxygens (including phenoxy) is 1. The minimum Gasteiger partial charge on any atom is -0.385 e. The molecule has 0 heterocycles. The number of nitrogens with two attached hydrogens (primary N) is 1. The van der Waals surface area contributed by atoms with E-state index in [1.165, 1.54) is 19.1 Å². The van der Waals surface area contributed by atoms with E-state index in [2.05, 4.69) is 0 Å². The van der Waals surface area contributed by atoms with Gasteiger partial charge in [0.15, 0.2) is 0 Å². The molecular weight excluding hydrogens is 419 g/mol. The van der Waals surface area contributed by atoms with Crippen LogP contribution in [0.2, 0.25) is 0 Å². The minimum absolute atomic E-state index is 0.0148. The van der Waals surface area contributed by atoms with Crippen LogP contribution in [0.5, 0.6) is 0 Å². The van der Waals surface area contributed by atoms with Crippen molar-refractivity contribution in [2.45, 2.75) is 51.1 Å². The number of hydrogen-bond donors (Lipinski definition) is 2. The van der Waals surface area contributed by atoms with Crippen LogP contribution in [0.3, 0.4) is 0 Å². The number of hydrogen-bond acceptors (Lipinski definition) is 3. The third kappa shape index (κ3) is 6.16. The molecule has 3 nitrogen and oxygen atoms in total. The maximum absolute atomic E-state index is 13.5. The van der Waals surface area contributed by atoms with Gasteiger partial charge in [0.2, 0.25) is 0 Å². The molecule has 166 valence electrons. The third-order valence-electron chi connectivity index (χ3n) is 4.49. The van der Waals surface area contributed by atoms with E-state index < -0.39 is 47.7 Å². The van der Waals surface area contributed by atoms with Crippen molar-refractivity contribution in [3.8, 4) is 0 Å². The number of benzene rings is 2. The zero-order chi connectivity index (χ0) is 22.9. The molecule has 0 aliphatic carbocycles. The van der Waals surface area contributed by atoms with Crippen LogP contribution in [0.4, 0.5) is 30.7 Å². The normalized spacial score (nSPS) is 15.7. The van der Waals surface area contributed by atoms with Crippen molar-refractivity contribution in [2.24, 2.45) is 5.73 Å². The molecule has 0 saturated heterocycles. The van der Waals surface area contributed by atoms with E-state index in [0.717, 1.165) is 6.07 Å². The van der Waals surface area contributed by atoms with Gasteiger partial charge in [-0.25, -0.2) is 4.39 Å². The smallest absolute Gasteiger partial charge is 0.385 e. The van der Waals surface area contributed by atoms with Crippen molar-refractivity contribution in [3.05, 3.63) is 70.0 Å². The van der Waals surface area contributed by atoms with Crippen molar-refractivity contribution in [1.82, 2.24) is 0 Å². The number of halogens is 7. The molecule has 0 radical (unpaired) electrons. The first-order valence-electron chi connectivity index (χ1n) is 8.74.